The van der Waals surface area contributed by atoms with Gasteiger partial charge >= 0.3 is 5.97 Å². The molecule has 2 rings (SSSR count). The number of carbonyl (C=O) groups is 2. The van der Waals surface area contributed by atoms with Crippen LogP contribution in [0.4, 0.5) is 0 Å². The first-order valence-electron chi connectivity index (χ1n) is 9.31. The van der Waals surface area contributed by atoms with Gasteiger partial charge in [0.2, 0.25) is 5.91 Å². The summed E-state index contributed by atoms with van der Waals surface area (Å²) < 4.78 is 10.6. The Labute approximate surface area is 165 Å². The third-order valence-corrected chi connectivity index (χ3v) is 3.86. The molecule has 0 heterocycles. The Kier molecular flexibility index (Phi) is 8.49. The normalized spacial score (nSPS) is 11.7. The lowest BCUT2D eigenvalue weighted by Crippen LogP contribution is -2.38. The van der Waals surface area contributed by atoms with E-state index in [4.69, 9.17) is 9.47 Å². The maximum Gasteiger partial charge on any atom is 0.337 e. The Morgan fingerprint density at radius 3 is 2.32 bits per heavy atom. The van der Waals surface area contributed by atoms with Crippen LogP contribution in [0.15, 0.2) is 54.6 Å². The molecule has 0 spiro atoms. The SMILES string of the molecule is CC(C)COc1ccc(CC(=O)NCC(O)C(=O)OCc2ccccc2)cc1. The average molecular weight is 385 g/mol. The number of hydrogen-bond donors (Lipinski definition) is 2. The third-order valence-electron chi connectivity index (χ3n) is 3.86. The molecule has 2 aromatic rings. The summed E-state index contributed by atoms with van der Waals surface area (Å²) >= 11 is 0. The number of aliphatic hydroxyl groups is 1. The molecule has 150 valence electrons. The predicted molar refractivity (Wildman–Crippen MR) is 106 cm³/mol. The fraction of sp³-hybridized carbons (Fsp3) is 0.364. The standard InChI is InChI=1S/C22H27NO5/c1-16(2)14-27-19-10-8-17(9-11-19)12-21(25)23-13-20(24)22(26)28-15-18-6-4-3-5-7-18/h3-11,16,20,24H,12-15H2,1-2H3,(H,23,25). The zero-order valence-electron chi connectivity index (χ0n) is 16.3. The molecule has 0 aliphatic carbocycles. The van der Waals surface area contributed by atoms with Crippen LogP contribution in [-0.4, -0.2) is 36.2 Å². The summed E-state index contributed by atoms with van der Waals surface area (Å²) in [6.07, 6.45) is -1.25. The highest BCUT2D eigenvalue weighted by Crippen LogP contribution is 2.13. The second-order valence-corrected chi connectivity index (χ2v) is 6.94. The number of amides is 1. The van der Waals surface area contributed by atoms with E-state index in [0.717, 1.165) is 16.9 Å². The zero-order chi connectivity index (χ0) is 20.4. The predicted octanol–water partition coefficient (Wildman–Crippen LogP) is 2.48. The van der Waals surface area contributed by atoms with Gasteiger partial charge in [-0.3, -0.25) is 4.79 Å². The van der Waals surface area contributed by atoms with E-state index in [2.05, 4.69) is 19.2 Å². The second kappa shape index (κ2) is 11.1. The van der Waals surface area contributed by atoms with Gasteiger partial charge in [-0.2, -0.15) is 0 Å². The first kappa shape index (κ1) is 21.4. The highest BCUT2D eigenvalue weighted by atomic mass is 16.5. The summed E-state index contributed by atoms with van der Waals surface area (Å²) in [7, 11) is 0. The molecule has 0 fully saturated rings. The van der Waals surface area contributed by atoms with Gasteiger partial charge in [-0.25, -0.2) is 4.79 Å². The van der Waals surface area contributed by atoms with Crippen molar-refractivity contribution in [3.8, 4) is 5.75 Å². The van der Waals surface area contributed by atoms with E-state index in [1.54, 1.807) is 0 Å². The minimum absolute atomic E-state index is 0.0793. The quantitative estimate of drug-likeness (QED) is 0.614. The first-order chi connectivity index (χ1) is 13.4. The monoisotopic (exact) mass is 385 g/mol. The van der Waals surface area contributed by atoms with Gasteiger partial charge in [0.25, 0.3) is 0 Å². The highest BCUT2D eigenvalue weighted by molar-refractivity contribution is 5.80. The molecule has 6 heteroatoms. The van der Waals surface area contributed by atoms with Crippen LogP contribution in [0, 0.1) is 5.92 Å². The van der Waals surface area contributed by atoms with E-state index < -0.39 is 12.1 Å². The van der Waals surface area contributed by atoms with Crippen LogP contribution in [0.25, 0.3) is 0 Å². The number of esters is 1. The maximum atomic E-state index is 12.0. The van der Waals surface area contributed by atoms with E-state index in [0.29, 0.717) is 12.5 Å². The topological polar surface area (TPSA) is 84.9 Å². The van der Waals surface area contributed by atoms with E-state index in [9.17, 15) is 14.7 Å². The lowest BCUT2D eigenvalue weighted by Gasteiger charge is -2.12. The molecule has 0 radical (unpaired) electrons. The maximum absolute atomic E-state index is 12.0. The van der Waals surface area contributed by atoms with Crippen LogP contribution in [0.1, 0.15) is 25.0 Å². The van der Waals surface area contributed by atoms with Gasteiger partial charge in [0, 0.05) is 0 Å². The largest absolute Gasteiger partial charge is 0.493 e. The van der Waals surface area contributed by atoms with Crippen molar-refractivity contribution in [1.29, 1.82) is 0 Å². The van der Waals surface area contributed by atoms with Gasteiger partial charge in [0.1, 0.15) is 12.4 Å². The molecule has 1 unspecified atom stereocenters. The van der Waals surface area contributed by atoms with E-state index in [1.807, 2.05) is 54.6 Å². The van der Waals surface area contributed by atoms with Crippen LogP contribution < -0.4 is 10.1 Å². The van der Waals surface area contributed by atoms with Gasteiger partial charge < -0.3 is 19.9 Å². The third kappa shape index (κ3) is 7.80. The highest BCUT2D eigenvalue weighted by Gasteiger charge is 2.17. The first-order valence-corrected chi connectivity index (χ1v) is 9.31. The Hall–Kier alpha value is -2.86. The van der Waals surface area contributed by atoms with Crippen LogP contribution in [0.3, 0.4) is 0 Å². The molecule has 0 aliphatic heterocycles. The van der Waals surface area contributed by atoms with Crippen molar-refractivity contribution in [2.45, 2.75) is 33.0 Å². The van der Waals surface area contributed by atoms with Crippen LogP contribution in [0.5, 0.6) is 5.75 Å². The Morgan fingerprint density at radius 2 is 1.68 bits per heavy atom. The van der Waals surface area contributed by atoms with Crippen molar-refractivity contribution in [1.82, 2.24) is 5.32 Å². The van der Waals surface area contributed by atoms with Gasteiger partial charge in [-0.05, 0) is 29.2 Å². The fourth-order valence-corrected chi connectivity index (χ4v) is 2.33. The van der Waals surface area contributed by atoms with E-state index in [1.165, 1.54) is 0 Å². The smallest absolute Gasteiger partial charge is 0.337 e. The molecule has 0 aromatic heterocycles. The molecular formula is C22H27NO5. The molecule has 0 saturated carbocycles. The molecule has 0 aliphatic rings. The summed E-state index contributed by atoms with van der Waals surface area (Å²) in [4.78, 5) is 23.8. The minimum atomic E-state index is -1.40. The molecular weight excluding hydrogens is 358 g/mol. The molecule has 0 saturated heterocycles. The fourth-order valence-electron chi connectivity index (χ4n) is 2.33. The van der Waals surface area contributed by atoms with Crippen LogP contribution in [-0.2, 0) is 27.4 Å². The zero-order valence-corrected chi connectivity index (χ0v) is 16.3. The van der Waals surface area contributed by atoms with Crippen molar-refractivity contribution in [3.05, 3.63) is 65.7 Å². The van der Waals surface area contributed by atoms with Gasteiger partial charge in [0.05, 0.1) is 19.6 Å². The molecule has 2 N–H and O–H groups in total. The lowest BCUT2D eigenvalue weighted by atomic mass is 10.1. The summed E-state index contributed by atoms with van der Waals surface area (Å²) in [5, 5.41) is 12.4. The van der Waals surface area contributed by atoms with Gasteiger partial charge in [0.15, 0.2) is 6.10 Å². The number of hydrogen-bond acceptors (Lipinski definition) is 5. The van der Waals surface area contributed by atoms with Crippen molar-refractivity contribution in [2.75, 3.05) is 13.2 Å². The van der Waals surface area contributed by atoms with Crippen molar-refractivity contribution in [2.24, 2.45) is 5.92 Å². The minimum Gasteiger partial charge on any atom is -0.493 e. The number of carbonyl (C=O) groups excluding carboxylic acids is 2. The van der Waals surface area contributed by atoms with E-state index >= 15 is 0 Å². The van der Waals surface area contributed by atoms with Crippen LogP contribution in [0.2, 0.25) is 0 Å². The molecule has 0 bridgehead atoms. The molecule has 1 atom stereocenters. The van der Waals surface area contributed by atoms with Gasteiger partial charge in [-0.15, -0.1) is 0 Å². The number of benzene rings is 2. The van der Waals surface area contributed by atoms with E-state index in [-0.39, 0.29) is 25.5 Å². The summed E-state index contributed by atoms with van der Waals surface area (Å²) in [6.45, 7) is 4.67. The van der Waals surface area contributed by atoms with Crippen LogP contribution >= 0.6 is 0 Å². The molecule has 2 aromatic carbocycles. The Bertz CT molecular complexity index is 743. The average Bonchev–Trinajstić information content (AvgIpc) is 2.70. The van der Waals surface area contributed by atoms with Crippen molar-refractivity contribution < 1.29 is 24.2 Å². The Balaban J connectivity index is 1.70. The Morgan fingerprint density at radius 1 is 1.00 bits per heavy atom. The number of nitrogens with one attached hydrogen (secondary N) is 1. The van der Waals surface area contributed by atoms with Gasteiger partial charge in [-0.1, -0.05) is 56.3 Å². The molecule has 1 amide bonds. The number of rotatable bonds is 10. The molecule has 28 heavy (non-hydrogen) atoms. The summed E-state index contributed by atoms with van der Waals surface area (Å²) in [6, 6.07) is 16.5. The number of ether oxygens (including phenoxy) is 2. The lowest BCUT2D eigenvalue weighted by molar-refractivity contribution is -0.154. The van der Waals surface area contributed by atoms with Crippen molar-refractivity contribution in [3.63, 3.8) is 0 Å². The molecule has 6 nitrogen and oxygen atoms in total. The summed E-state index contributed by atoms with van der Waals surface area (Å²) in [5.74, 6) is 0.146. The number of aliphatic hydroxyl groups excluding tert-OH is 1. The van der Waals surface area contributed by atoms with Crippen molar-refractivity contribution >= 4 is 11.9 Å². The summed E-state index contributed by atoms with van der Waals surface area (Å²) in [5.41, 5.74) is 1.64. The second-order valence-electron chi connectivity index (χ2n) is 6.94.